The Labute approximate surface area is 69.3 Å². The molecule has 0 bridgehead atoms. The van der Waals surface area contributed by atoms with Gasteiger partial charge < -0.3 is 5.11 Å². The Balaban J connectivity index is 2.81. The Morgan fingerprint density at radius 3 is 2.91 bits per heavy atom. The van der Waals surface area contributed by atoms with E-state index in [1.165, 1.54) is 0 Å². The van der Waals surface area contributed by atoms with E-state index < -0.39 is 0 Å². The highest BCUT2D eigenvalue weighted by molar-refractivity contribution is 7.08. The van der Waals surface area contributed by atoms with Crippen molar-refractivity contribution in [2.75, 3.05) is 0 Å². The first-order valence-corrected chi connectivity index (χ1v) is 4.23. The average Bonchev–Trinajstić information content (AvgIpc) is 2.30. The summed E-state index contributed by atoms with van der Waals surface area (Å²) in [6.45, 7) is 3.81. The number of fused-ring (bicyclic) bond motifs is 1. The Morgan fingerprint density at radius 1 is 1.36 bits per heavy atom. The summed E-state index contributed by atoms with van der Waals surface area (Å²) in [4.78, 5) is 0. The van der Waals surface area contributed by atoms with Crippen molar-refractivity contribution in [1.29, 1.82) is 0 Å². The van der Waals surface area contributed by atoms with Crippen LogP contribution in [0.3, 0.4) is 0 Å². The molecular weight excluding hydrogens is 156 g/mol. The minimum atomic E-state index is 0.335. The lowest BCUT2D eigenvalue weighted by molar-refractivity contribution is 0.479. The van der Waals surface area contributed by atoms with E-state index in [1.807, 2.05) is 16.8 Å². The summed E-state index contributed by atoms with van der Waals surface area (Å²) in [6.07, 6.45) is 0. The second kappa shape index (κ2) is 2.24. The van der Waals surface area contributed by atoms with E-state index in [2.05, 4.69) is 6.92 Å². The van der Waals surface area contributed by atoms with Crippen molar-refractivity contribution in [1.82, 2.24) is 0 Å². The largest absolute Gasteiger partial charge is 0.507 e. The van der Waals surface area contributed by atoms with E-state index in [9.17, 15) is 5.11 Å². The monoisotopic (exact) mass is 163 g/mol. The molecule has 1 heterocycles. The summed E-state index contributed by atoms with van der Waals surface area (Å²) >= 11 is 1.57. The molecule has 2 rings (SSSR count). The van der Waals surface area contributed by atoms with Crippen LogP contribution in [0.5, 0.6) is 5.75 Å². The zero-order valence-corrected chi connectivity index (χ0v) is 6.69. The molecule has 0 aromatic heterocycles. The first-order chi connectivity index (χ1) is 5.29. The number of hydrogen-bond donors (Lipinski definition) is 1. The Morgan fingerprint density at radius 2 is 2.18 bits per heavy atom. The number of aromatic hydroxyl groups is 1. The summed E-state index contributed by atoms with van der Waals surface area (Å²) in [5, 5.41) is 13.3. The molecule has 1 radical (unpaired) electrons. The Kier molecular flexibility index (Phi) is 1.36. The minimum absolute atomic E-state index is 0.335. The highest BCUT2D eigenvalue weighted by Crippen LogP contribution is 2.37. The molecule has 0 fully saturated rings. The molecule has 0 spiro atoms. The molecule has 0 unspecified atom stereocenters. The van der Waals surface area contributed by atoms with Crippen LogP contribution in [0, 0.1) is 6.92 Å². The summed E-state index contributed by atoms with van der Waals surface area (Å²) in [5.41, 5.74) is 2.84. The fraction of sp³-hybridized carbons (Fsp3) is 0. The molecule has 2 heteroatoms. The van der Waals surface area contributed by atoms with Gasteiger partial charge in [-0.2, -0.15) is 11.3 Å². The standard InChI is InChI=1S/C9H7OS/c1-6-4-9(10)8-5-11-3-2-7(6)8/h2-5,10H,1H2. The molecule has 0 aromatic rings. The van der Waals surface area contributed by atoms with Crippen LogP contribution < -0.4 is 0 Å². The van der Waals surface area contributed by atoms with Gasteiger partial charge in [-0.1, -0.05) is 0 Å². The number of hydrogen-bond acceptors (Lipinski definition) is 2. The van der Waals surface area contributed by atoms with Crippen LogP contribution in [0.15, 0.2) is 22.9 Å². The third-order valence-electron chi connectivity index (χ3n) is 1.72. The van der Waals surface area contributed by atoms with Gasteiger partial charge in [-0.15, -0.1) is 0 Å². The van der Waals surface area contributed by atoms with E-state index in [0.717, 1.165) is 16.7 Å². The molecule has 0 saturated heterocycles. The SMILES string of the molecule is [CH2]c1cc(O)c2csccc1-2. The predicted molar refractivity (Wildman–Crippen MR) is 47.1 cm³/mol. The van der Waals surface area contributed by atoms with Gasteiger partial charge in [-0.25, -0.2) is 0 Å². The van der Waals surface area contributed by atoms with Crippen molar-refractivity contribution in [2.45, 2.75) is 0 Å². The lowest BCUT2D eigenvalue weighted by Gasteiger charge is -1.96. The van der Waals surface area contributed by atoms with Gasteiger partial charge in [-0.3, -0.25) is 0 Å². The van der Waals surface area contributed by atoms with Crippen LogP contribution in [0.1, 0.15) is 5.56 Å². The van der Waals surface area contributed by atoms with Gasteiger partial charge in [0.15, 0.2) is 0 Å². The molecule has 11 heavy (non-hydrogen) atoms. The van der Waals surface area contributed by atoms with Gasteiger partial charge in [0.05, 0.1) is 0 Å². The van der Waals surface area contributed by atoms with Crippen molar-refractivity contribution in [3.63, 3.8) is 0 Å². The van der Waals surface area contributed by atoms with Gasteiger partial charge in [-0.05, 0) is 35.6 Å². The molecule has 1 nitrogen and oxygen atoms in total. The smallest absolute Gasteiger partial charge is 0.124 e. The maximum Gasteiger partial charge on any atom is 0.124 e. The van der Waals surface area contributed by atoms with E-state index >= 15 is 0 Å². The third kappa shape index (κ3) is 0.906. The minimum Gasteiger partial charge on any atom is -0.507 e. The van der Waals surface area contributed by atoms with Gasteiger partial charge in [0.1, 0.15) is 5.75 Å². The molecule has 0 aromatic carbocycles. The van der Waals surface area contributed by atoms with Gasteiger partial charge >= 0.3 is 0 Å². The summed E-state index contributed by atoms with van der Waals surface area (Å²) in [5.74, 6) is 0.335. The molecule has 0 saturated carbocycles. The Bertz CT molecular complexity index is 318. The molecule has 1 N–H and O–H groups in total. The van der Waals surface area contributed by atoms with E-state index in [1.54, 1.807) is 17.4 Å². The zero-order chi connectivity index (χ0) is 7.84. The van der Waals surface area contributed by atoms with Crippen molar-refractivity contribution in [3.8, 4) is 16.9 Å². The Hall–Kier alpha value is -1.02. The van der Waals surface area contributed by atoms with Crippen LogP contribution in [0.2, 0.25) is 0 Å². The molecular formula is C9H7OS. The fourth-order valence-electron chi connectivity index (χ4n) is 1.17. The molecule has 1 aliphatic heterocycles. The van der Waals surface area contributed by atoms with Crippen molar-refractivity contribution < 1.29 is 5.11 Å². The molecule has 55 valence electrons. The molecule has 2 aliphatic rings. The molecule has 1 aliphatic carbocycles. The molecule has 0 amide bonds. The van der Waals surface area contributed by atoms with Gasteiger partial charge in [0, 0.05) is 10.9 Å². The second-order valence-electron chi connectivity index (χ2n) is 2.44. The van der Waals surface area contributed by atoms with E-state index in [-0.39, 0.29) is 0 Å². The number of rotatable bonds is 0. The van der Waals surface area contributed by atoms with Crippen LogP contribution in [0.4, 0.5) is 0 Å². The maximum atomic E-state index is 9.36. The quantitative estimate of drug-likeness (QED) is 0.633. The first kappa shape index (κ1) is 6.68. The molecule has 0 atom stereocenters. The lowest BCUT2D eigenvalue weighted by atomic mass is 10.1. The highest BCUT2D eigenvalue weighted by atomic mass is 32.1. The van der Waals surface area contributed by atoms with E-state index in [4.69, 9.17) is 0 Å². The normalized spacial score (nSPS) is 10.6. The summed E-state index contributed by atoms with van der Waals surface area (Å²) < 4.78 is 0. The summed E-state index contributed by atoms with van der Waals surface area (Å²) in [7, 11) is 0. The van der Waals surface area contributed by atoms with Gasteiger partial charge in [0.25, 0.3) is 0 Å². The summed E-state index contributed by atoms with van der Waals surface area (Å²) in [6, 6.07) is 3.67. The van der Waals surface area contributed by atoms with Crippen molar-refractivity contribution >= 4 is 11.3 Å². The topological polar surface area (TPSA) is 20.2 Å². The first-order valence-electron chi connectivity index (χ1n) is 3.29. The van der Waals surface area contributed by atoms with Crippen molar-refractivity contribution in [3.05, 3.63) is 35.4 Å². The lowest BCUT2D eigenvalue weighted by Crippen LogP contribution is -1.71. The van der Waals surface area contributed by atoms with Crippen LogP contribution in [0.25, 0.3) is 11.1 Å². The highest BCUT2D eigenvalue weighted by Gasteiger charge is 2.10. The average molecular weight is 163 g/mol. The fourth-order valence-corrected chi connectivity index (χ4v) is 1.84. The van der Waals surface area contributed by atoms with E-state index in [0.29, 0.717) is 5.75 Å². The predicted octanol–water partition coefficient (Wildman–Crippen LogP) is 2.74. The maximum absolute atomic E-state index is 9.36. The van der Waals surface area contributed by atoms with Crippen LogP contribution >= 0.6 is 11.3 Å². The van der Waals surface area contributed by atoms with Crippen LogP contribution in [-0.2, 0) is 0 Å². The third-order valence-corrected chi connectivity index (χ3v) is 2.39. The van der Waals surface area contributed by atoms with Gasteiger partial charge in [0.2, 0.25) is 0 Å². The van der Waals surface area contributed by atoms with Crippen LogP contribution in [-0.4, -0.2) is 5.11 Å². The van der Waals surface area contributed by atoms with Crippen molar-refractivity contribution in [2.24, 2.45) is 0 Å². The zero-order valence-electron chi connectivity index (χ0n) is 5.87. The second-order valence-corrected chi connectivity index (χ2v) is 3.22.